The lowest BCUT2D eigenvalue weighted by molar-refractivity contribution is -0.138. The van der Waals surface area contributed by atoms with Crippen molar-refractivity contribution in [3.63, 3.8) is 0 Å². The summed E-state index contributed by atoms with van der Waals surface area (Å²) >= 11 is 0. The number of alkyl halides is 3. The van der Waals surface area contributed by atoms with Gasteiger partial charge < -0.3 is 15.1 Å². The molecule has 1 aromatic heterocycles. The first-order valence-electron chi connectivity index (χ1n) is 10.1. The number of nitrogens with one attached hydrogen (secondary N) is 1. The number of piperazine rings is 1. The summed E-state index contributed by atoms with van der Waals surface area (Å²) in [5.41, 5.74) is -0.852. The van der Waals surface area contributed by atoms with E-state index in [4.69, 9.17) is 0 Å². The molecular weight excluding hydrogens is 371 g/mol. The minimum Gasteiger partial charge on any atom is -0.339 e. The Labute approximate surface area is 162 Å². The van der Waals surface area contributed by atoms with Crippen LogP contribution in [0.3, 0.4) is 0 Å². The molecule has 6 nitrogen and oxygen atoms in total. The standard InChI is InChI=1S/C19H26F3N5O/c20-19(21,22)14-11-23-18(24-12-14)27-8-6-26(7-9-27)17(28)5-4-15-10-13-2-1-3-16(13)25-15/h11-13,15-16,25H,1-10H2/t13-,15+,16-/m0/s1. The highest BCUT2D eigenvalue weighted by Gasteiger charge is 2.37. The number of carbonyl (C=O) groups excluding carboxylic acids is 1. The Morgan fingerprint density at radius 1 is 1.14 bits per heavy atom. The quantitative estimate of drug-likeness (QED) is 0.846. The number of hydrogen-bond donors (Lipinski definition) is 1. The predicted octanol–water partition coefficient (Wildman–Crippen LogP) is 2.45. The van der Waals surface area contributed by atoms with E-state index in [9.17, 15) is 18.0 Å². The fourth-order valence-corrected chi connectivity index (χ4v) is 4.72. The molecule has 1 aromatic rings. The van der Waals surface area contributed by atoms with Crippen LogP contribution >= 0.6 is 0 Å². The van der Waals surface area contributed by atoms with Crippen LogP contribution in [0.2, 0.25) is 0 Å². The van der Waals surface area contributed by atoms with E-state index in [1.807, 2.05) is 9.80 Å². The number of amides is 1. The van der Waals surface area contributed by atoms with Gasteiger partial charge in [0.05, 0.1) is 5.56 Å². The maximum Gasteiger partial charge on any atom is 0.419 e. The van der Waals surface area contributed by atoms with Crippen molar-refractivity contribution >= 4 is 11.9 Å². The number of carbonyl (C=O) groups is 1. The van der Waals surface area contributed by atoms with Crippen molar-refractivity contribution in [3.05, 3.63) is 18.0 Å². The summed E-state index contributed by atoms with van der Waals surface area (Å²) in [5.74, 6) is 1.24. The fourth-order valence-electron chi connectivity index (χ4n) is 4.72. The van der Waals surface area contributed by atoms with Crippen molar-refractivity contribution in [1.82, 2.24) is 20.2 Å². The highest BCUT2D eigenvalue weighted by atomic mass is 19.4. The van der Waals surface area contributed by atoms with Gasteiger partial charge in [-0.05, 0) is 31.6 Å². The Morgan fingerprint density at radius 2 is 1.86 bits per heavy atom. The van der Waals surface area contributed by atoms with Crippen LogP contribution in [0.15, 0.2) is 12.4 Å². The molecule has 0 unspecified atom stereocenters. The van der Waals surface area contributed by atoms with Crippen LogP contribution in [-0.4, -0.2) is 59.0 Å². The molecular formula is C19H26F3N5O. The lowest BCUT2D eigenvalue weighted by Gasteiger charge is -2.35. The molecule has 0 bridgehead atoms. The average Bonchev–Trinajstić information content (AvgIpc) is 3.27. The van der Waals surface area contributed by atoms with Crippen LogP contribution in [0.5, 0.6) is 0 Å². The number of anilines is 1. The number of halogens is 3. The molecule has 28 heavy (non-hydrogen) atoms. The Balaban J connectivity index is 1.22. The van der Waals surface area contributed by atoms with E-state index in [1.165, 1.54) is 25.7 Å². The Bertz CT molecular complexity index is 676. The number of nitrogens with zero attached hydrogens (tertiary/aromatic N) is 4. The molecule has 0 spiro atoms. The van der Waals surface area contributed by atoms with Gasteiger partial charge in [-0.25, -0.2) is 9.97 Å². The van der Waals surface area contributed by atoms with E-state index in [2.05, 4.69) is 15.3 Å². The van der Waals surface area contributed by atoms with Crippen molar-refractivity contribution in [1.29, 1.82) is 0 Å². The first-order valence-corrected chi connectivity index (χ1v) is 10.1. The third-order valence-electron chi connectivity index (χ3n) is 6.28. The molecule has 3 fully saturated rings. The van der Waals surface area contributed by atoms with Gasteiger partial charge in [0, 0.05) is 57.1 Å². The van der Waals surface area contributed by atoms with Gasteiger partial charge in [-0.15, -0.1) is 0 Å². The van der Waals surface area contributed by atoms with Gasteiger partial charge in [0.15, 0.2) is 0 Å². The monoisotopic (exact) mass is 397 g/mol. The molecule has 3 heterocycles. The van der Waals surface area contributed by atoms with Crippen LogP contribution in [0.25, 0.3) is 0 Å². The third-order valence-corrected chi connectivity index (χ3v) is 6.28. The Morgan fingerprint density at radius 3 is 2.50 bits per heavy atom. The number of aromatic nitrogens is 2. The molecule has 3 aliphatic rings. The summed E-state index contributed by atoms with van der Waals surface area (Å²) in [5, 5.41) is 3.68. The first kappa shape index (κ1) is 19.4. The summed E-state index contributed by atoms with van der Waals surface area (Å²) in [4.78, 5) is 23.9. The molecule has 1 amide bonds. The highest BCUT2D eigenvalue weighted by Crippen LogP contribution is 2.35. The molecule has 0 radical (unpaired) electrons. The van der Waals surface area contributed by atoms with Crippen LogP contribution < -0.4 is 10.2 Å². The van der Waals surface area contributed by atoms with Gasteiger partial charge in [0.1, 0.15) is 0 Å². The largest absolute Gasteiger partial charge is 0.419 e. The van der Waals surface area contributed by atoms with E-state index in [0.717, 1.165) is 24.7 Å². The Hall–Kier alpha value is -1.90. The molecule has 3 atom stereocenters. The van der Waals surface area contributed by atoms with E-state index in [1.54, 1.807) is 0 Å². The normalized spacial score (nSPS) is 27.9. The van der Waals surface area contributed by atoms with E-state index in [0.29, 0.717) is 44.7 Å². The zero-order valence-corrected chi connectivity index (χ0v) is 15.8. The van der Waals surface area contributed by atoms with Gasteiger partial charge in [-0.2, -0.15) is 13.2 Å². The number of fused-ring (bicyclic) bond motifs is 1. The van der Waals surface area contributed by atoms with Crippen molar-refractivity contribution in [3.8, 4) is 0 Å². The maximum atomic E-state index is 12.6. The van der Waals surface area contributed by atoms with Gasteiger partial charge in [0.2, 0.25) is 11.9 Å². The molecule has 4 rings (SSSR count). The van der Waals surface area contributed by atoms with Crippen LogP contribution in [-0.2, 0) is 11.0 Å². The second-order valence-corrected chi connectivity index (χ2v) is 8.07. The van der Waals surface area contributed by atoms with Crippen molar-refractivity contribution in [2.24, 2.45) is 5.92 Å². The zero-order valence-electron chi connectivity index (χ0n) is 15.8. The average molecular weight is 397 g/mol. The molecule has 2 saturated heterocycles. The Kier molecular flexibility index (Phi) is 5.44. The van der Waals surface area contributed by atoms with Crippen LogP contribution in [0.4, 0.5) is 19.1 Å². The number of rotatable bonds is 4. The molecule has 1 saturated carbocycles. The van der Waals surface area contributed by atoms with Crippen LogP contribution in [0, 0.1) is 5.92 Å². The van der Waals surface area contributed by atoms with Gasteiger partial charge >= 0.3 is 6.18 Å². The molecule has 0 aromatic carbocycles. The summed E-state index contributed by atoms with van der Waals surface area (Å²) < 4.78 is 37.8. The smallest absolute Gasteiger partial charge is 0.339 e. The van der Waals surface area contributed by atoms with Crippen molar-refractivity contribution < 1.29 is 18.0 Å². The zero-order chi connectivity index (χ0) is 19.7. The van der Waals surface area contributed by atoms with Gasteiger partial charge in [-0.3, -0.25) is 4.79 Å². The minimum absolute atomic E-state index is 0.159. The fraction of sp³-hybridized carbons (Fsp3) is 0.737. The first-order chi connectivity index (χ1) is 13.4. The highest BCUT2D eigenvalue weighted by molar-refractivity contribution is 5.76. The molecule has 1 aliphatic carbocycles. The molecule has 9 heteroatoms. The molecule has 2 aliphatic heterocycles. The van der Waals surface area contributed by atoms with E-state index >= 15 is 0 Å². The summed E-state index contributed by atoms with van der Waals surface area (Å²) in [6.07, 6.45) is 3.71. The number of hydrogen-bond acceptors (Lipinski definition) is 5. The van der Waals surface area contributed by atoms with Crippen molar-refractivity contribution in [2.75, 3.05) is 31.1 Å². The molecule has 154 valence electrons. The SMILES string of the molecule is O=C(CC[C@@H]1C[C@@H]2CCC[C@@H]2N1)N1CCN(c2ncc(C(F)(F)F)cn2)CC1. The van der Waals surface area contributed by atoms with E-state index in [-0.39, 0.29) is 11.9 Å². The topological polar surface area (TPSA) is 61.4 Å². The lowest BCUT2D eigenvalue weighted by Crippen LogP contribution is -2.49. The van der Waals surface area contributed by atoms with Crippen LogP contribution in [0.1, 0.15) is 44.1 Å². The molecule has 1 N–H and O–H groups in total. The summed E-state index contributed by atoms with van der Waals surface area (Å²) in [7, 11) is 0. The van der Waals surface area contributed by atoms with Gasteiger partial charge in [-0.1, -0.05) is 6.42 Å². The minimum atomic E-state index is -4.43. The lowest BCUT2D eigenvalue weighted by atomic mass is 10.00. The van der Waals surface area contributed by atoms with Gasteiger partial charge in [0.25, 0.3) is 0 Å². The predicted molar refractivity (Wildman–Crippen MR) is 97.7 cm³/mol. The third kappa shape index (κ3) is 4.24. The maximum absolute atomic E-state index is 12.6. The van der Waals surface area contributed by atoms with Crippen molar-refractivity contribution in [2.45, 2.75) is 56.8 Å². The summed E-state index contributed by atoms with van der Waals surface area (Å²) in [6.45, 7) is 2.16. The second-order valence-electron chi connectivity index (χ2n) is 8.07. The summed E-state index contributed by atoms with van der Waals surface area (Å²) in [6, 6.07) is 1.12. The second kappa shape index (κ2) is 7.85. The van der Waals surface area contributed by atoms with E-state index < -0.39 is 11.7 Å².